The van der Waals surface area contributed by atoms with E-state index < -0.39 is 23.7 Å². The Balaban J connectivity index is 1.98. The number of carbonyl (C=O) groups is 2. The summed E-state index contributed by atoms with van der Waals surface area (Å²) in [5.41, 5.74) is -0.0377. The number of amides is 1. The number of hydrogen-bond acceptors (Lipinski definition) is 5. The summed E-state index contributed by atoms with van der Waals surface area (Å²) in [6.07, 6.45) is 0.342. The first kappa shape index (κ1) is 21.0. The van der Waals surface area contributed by atoms with Crippen LogP contribution in [-0.4, -0.2) is 48.3 Å². The third-order valence-electron chi connectivity index (χ3n) is 4.62. The van der Waals surface area contributed by atoms with Crippen molar-refractivity contribution in [2.45, 2.75) is 13.1 Å². The van der Waals surface area contributed by atoms with Crippen molar-refractivity contribution in [1.82, 2.24) is 30.0 Å². The fourth-order valence-electron chi connectivity index (χ4n) is 3.20. The lowest BCUT2D eigenvalue weighted by atomic mass is 10.0. The SMILES string of the molecule is CCNC(=O)c1cc2c(-n3ccc(C(F)(F)F)n3)c(-c3cncc(C(=O)O)c3)cnc2[nH]1. The van der Waals surface area contributed by atoms with Gasteiger partial charge in [0.05, 0.1) is 11.3 Å². The Morgan fingerprint density at radius 3 is 2.66 bits per heavy atom. The van der Waals surface area contributed by atoms with Crippen LogP contribution < -0.4 is 5.32 Å². The number of rotatable bonds is 5. The molecule has 4 rings (SSSR count). The van der Waals surface area contributed by atoms with Gasteiger partial charge in [-0.25, -0.2) is 14.5 Å². The van der Waals surface area contributed by atoms with Gasteiger partial charge in [-0.1, -0.05) is 0 Å². The third-order valence-corrected chi connectivity index (χ3v) is 4.62. The van der Waals surface area contributed by atoms with Gasteiger partial charge in [0.2, 0.25) is 0 Å². The van der Waals surface area contributed by atoms with Crippen LogP contribution in [-0.2, 0) is 6.18 Å². The summed E-state index contributed by atoms with van der Waals surface area (Å²) in [5.74, 6) is -1.63. The molecular weight excluding hydrogens is 429 g/mol. The number of aromatic carboxylic acids is 1. The molecule has 0 atom stereocenters. The minimum absolute atomic E-state index is 0.109. The van der Waals surface area contributed by atoms with Crippen LogP contribution >= 0.6 is 0 Å². The van der Waals surface area contributed by atoms with Crippen molar-refractivity contribution in [2.24, 2.45) is 0 Å². The predicted molar refractivity (Wildman–Crippen MR) is 106 cm³/mol. The molecule has 4 aromatic rings. The molecule has 1 amide bonds. The summed E-state index contributed by atoms with van der Waals surface area (Å²) in [6.45, 7) is 2.12. The van der Waals surface area contributed by atoms with Crippen molar-refractivity contribution in [3.8, 4) is 16.8 Å². The number of fused-ring (bicyclic) bond motifs is 1. The van der Waals surface area contributed by atoms with E-state index in [0.29, 0.717) is 17.5 Å². The van der Waals surface area contributed by atoms with Crippen molar-refractivity contribution < 1.29 is 27.9 Å². The average Bonchev–Trinajstić information content (AvgIpc) is 3.40. The van der Waals surface area contributed by atoms with Gasteiger partial charge >= 0.3 is 12.1 Å². The molecule has 0 aliphatic carbocycles. The summed E-state index contributed by atoms with van der Waals surface area (Å²) in [7, 11) is 0. The van der Waals surface area contributed by atoms with E-state index in [2.05, 4.69) is 25.4 Å². The first-order chi connectivity index (χ1) is 15.2. The molecule has 12 heteroatoms. The van der Waals surface area contributed by atoms with Crippen LogP contribution in [0.3, 0.4) is 0 Å². The lowest BCUT2D eigenvalue weighted by Crippen LogP contribution is -2.22. The minimum Gasteiger partial charge on any atom is -0.478 e. The molecule has 164 valence electrons. The molecule has 4 heterocycles. The zero-order valence-electron chi connectivity index (χ0n) is 16.4. The summed E-state index contributed by atoms with van der Waals surface area (Å²) >= 11 is 0. The molecular formula is C20H15F3N6O3. The second-order valence-corrected chi connectivity index (χ2v) is 6.74. The minimum atomic E-state index is -4.66. The van der Waals surface area contributed by atoms with Gasteiger partial charge in [-0.05, 0) is 25.1 Å². The van der Waals surface area contributed by atoms with Crippen molar-refractivity contribution in [2.75, 3.05) is 6.54 Å². The molecule has 0 bridgehead atoms. The van der Waals surface area contributed by atoms with Gasteiger partial charge < -0.3 is 15.4 Å². The summed E-state index contributed by atoms with van der Waals surface area (Å²) < 4.78 is 40.5. The number of aromatic amines is 1. The number of carboxylic acids is 1. The number of nitrogens with one attached hydrogen (secondary N) is 2. The van der Waals surface area contributed by atoms with Crippen LogP contribution in [0.4, 0.5) is 13.2 Å². The zero-order valence-corrected chi connectivity index (χ0v) is 16.4. The van der Waals surface area contributed by atoms with E-state index in [1.54, 1.807) is 6.92 Å². The molecule has 3 N–H and O–H groups in total. The van der Waals surface area contributed by atoms with Gasteiger partial charge in [-0.2, -0.15) is 18.3 Å². The third kappa shape index (κ3) is 3.77. The molecule has 0 aliphatic rings. The van der Waals surface area contributed by atoms with E-state index in [0.717, 1.165) is 23.1 Å². The normalized spacial score (nSPS) is 11.6. The Hall–Kier alpha value is -4.22. The van der Waals surface area contributed by atoms with Gasteiger partial charge in [0.25, 0.3) is 5.91 Å². The Bertz CT molecular complexity index is 1340. The van der Waals surface area contributed by atoms with Gasteiger partial charge in [0.1, 0.15) is 11.3 Å². The van der Waals surface area contributed by atoms with Gasteiger partial charge in [-0.15, -0.1) is 0 Å². The number of halogens is 3. The highest BCUT2D eigenvalue weighted by Crippen LogP contribution is 2.34. The number of pyridine rings is 2. The van der Waals surface area contributed by atoms with Crippen molar-refractivity contribution >= 4 is 22.9 Å². The number of carboxylic acid groups (broad SMARTS) is 1. The Labute approximate surface area is 177 Å². The second-order valence-electron chi connectivity index (χ2n) is 6.74. The highest BCUT2D eigenvalue weighted by atomic mass is 19.4. The lowest BCUT2D eigenvalue weighted by Gasteiger charge is -2.11. The van der Waals surface area contributed by atoms with E-state index in [1.807, 2.05) is 0 Å². The molecule has 0 fully saturated rings. The Morgan fingerprint density at radius 1 is 1.22 bits per heavy atom. The van der Waals surface area contributed by atoms with Crippen molar-refractivity contribution in [1.29, 1.82) is 0 Å². The molecule has 0 saturated heterocycles. The van der Waals surface area contributed by atoms with Crippen LogP contribution in [0.5, 0.6) is 0 Å². The first-order valence-corrected chi connectivity index (χ1v) is 9.31. The van der Waals surface area contributed by atoms with Crippen LogP contribution in [0.2, 0.25) is 0 Å². The predicted octanol–water partition coefficient (Wildman–Crippen LogP) is 3.28. The largest absolute Gasteiger partial charge is 0.478 e. The number of hydrogen-bond donors (Lipinski definition) is 3. The molecule has 0 saturated carbocycles. The molecule has 4 aromatic heterocycles. The van der Waals surface area contributed by atoms with Crippen LogP contribution in [0.25, 0.3) is 27.8 Å². The van der Waals surface area contributed by atoms with Crippen LogP contribution in [0.1, 0.15) is 33.5 Å². The molecule has 0 radical (unpaired) electrons. The zero-order chi connectivity index (χ0) is 23.0. The summed E-state index contributed by atoms with van der Waals surface area (Å²) in [5, 5.41) is 15.9. The number of H-pyrrole nitrogens is 1. The van der Waals surface area contributed by atoms with Gasteiger partial charge in [0, 0.05) is 47.8 Å². The number of nitrogens with zero attached hydrogens (tertiary/aromatic N) is 4. The molecule has 0 unspecified atom stereocenters. The fraction of sp³-hybridized carbons (Fsp3) is 0.150. The first-order valence-electron chi connectivity index (χ1n) is 9.31. The molecule has 0 spiro atoms. The van der Waals surface area contributed by atoms with Crippen molar-refractivity contribution in [3.05, 3.63) is 59.9 Å². The lowest BCUT2D eigenvalue weighted by molar-refractivity contribution is -0.141. The highest BCUT2D eigenvalue weighted by Gasteiger charge is 2.34. The van der Waals surface area contributed by atoms with Gasteiger partial charge in [0.15, 0.2) is 5.69 Å². The fourth-order valence-corrected chi connectivity index (χ4v) is 3.20. The number of carbonyl (C=O) groups excluding carboxylic acids is 1. The maximum atomic E-state index is 13.2. The van der Waals surface area contributed by atoms with Crippen LogP contribution in [0.15, 0.2) is 43.0 Å². The monoisotopic (exact) mass is 444 g/mol. The summed E-state index contributed by atoms with van der Waals surface area (Å²) in [6, 6.07) is 3.60. The number of alkyl halides is 3. The molecule has 0 aliphatic heterocycles. The summed E-state index contributed by atoms with van der Waals surface area (Å²) in [4.78, 5) is 34.6. The van der Waals surface area contributed by atoms with E-state index >= 15 is 0 Å². The quantitative estimate of drug-likeness (QED) is 0.434. The van der Waals surface area contributed by atoms with E-state index in [-0.39, 0.29) is 28.2 Å². The standard InChI is InChI=1S/C20H15F3N6O3/c1-2-25-18(30)14-6-12-16(29-4-3-15(28-29)20(21,22)23)13(9-26-17(12)27-14)10-5-11(19(31)32)8-24-7-10/h3-9H,2H2,1H3,(H,25,30)(H,26,27)(H,31,32). The molecule has 9 nitrogen and oxygen atoms in total. The molecule has 32 heavy (non-hydrogen) atoms. The second kappa shape index (κ2) is 7.80. The average molecular weight is 444 g/mol. The topological polar surface area (TPSA) is 126 Å². The maximum absolute atomic E-state index is 13.2. The van der Waals surface area contributed by atoms with Crippen molar-refractivity contribution in [3.63, 3.8) is 0 Å². The smallest absolute Gasteiger partial charge is 0.435 e. The maximum Gasteiger partial charge on any atom is 0.435 e. The number of aromatic nitrogens is 5. The van der Waals surface area contributed by atoms with Gasteiger partial charge in [-0.3, -0.25) is 9.78 Å². The van der Waals surface area contributed by atoms with E-state index in [1.165, 1.54) is 24.5 Å². The van der Waals surface area contributed by atoms with Crippen LogP contribution in [0, 0.1) is 0 Å². The molecule has 0 aromatic carbocycles. The van der Waals surface area contributed by atoms with E-state index in [4.69, 9.17) is 0 Å². The highest BCUT2D eigenvalue weighted by molar-refractivity contribution is 6.01. The Kier molecular flexibility index (Phi) is 5.12. The van der Waals surface area contributed by atoms with E-state index in [9.17, 15) is 27.9 Å². The Morgan fingerprint density at radius 2 is 2.00 bits per heavy atom.